The van der Waals surface area contributed by atoms with Crippen LogP contribution in [-0.4, -0.2) is 34.1 Å². The van der Waals surface area contributed by atoms with Gasteiger partial charge in [0.25, 0.3) is 0 Å². The number of nitrogens with zero attached hydrogens (tertiary/aromatic N) is 3. The maximum absolute atomic E-state index is 12.4. The topological polar surface area (TPSA) is 68.5 Å². The highest BCUT2D eigenvalue weighted by Gasteiger charge is 2.40. The van der Waals surface area contributed by atoms with Crippen LogP contribution in [0.25, 0.3) is 0 Å². The molecule has 6 heteroatoms. The fourth-order valence-corrected chi connectivity index (χ4v) is 3.32. The predicted molar refractivity (Wildman–Crippen MR) is 91.1 cm³/mol. The minimum absolute atomic E-state index is 0.0490. The molecular weight excluding hydrogens is 318 g/mol. The van der Waals surface area contributed by atoms with Gasteiger partial charge in [0, 0.05) is 18.9 Å². The summed E-state index contributed by atoms with van der Waals surface area (Å²) in [6, 6.07) is 7.90. The Morgan fingerprint density at radius 3 is 3.04 bits per heavy atom. The molecule has 0 bridgehead atoms. The van der Waals surface area contributed by atoms with E-state index in [1.807, 2.05) is 36.1 Å². The maximum atomic E-state index is 12.4. The standard InChI is InChI=1S/C19H23N3O3/c1-13-4-2-5-15(12-13)24-11-9-17-20-18(25-21-17)16-6-3-10-22(16)19(23)14-7-8-14/h2,4-5,12,14,16H,3,6-11H2,1H3. The van der Waals surface area contributed by atoms with Crippen molar-refractivity contribution in [2.45, 2.75) is 45.1 Å². The average Bonchev–Trinajstić information content (AvgIpc) is 3.15. The Hall–Kier alpha value is -2.37. The zero-order chi connectivity index (χ0) is 17.2. The molecular formula is C19H23N3O3. The van der Waals surface area contributed by atoms with E-state index in [1.165, 1.54) is 5.56 Å². The van der Waals surface area contributed by atoms with Gasteiger partial charge in [-0.1, -0.05) is 17.3 Å². The second kappa shape index (κ2) is 6.86. The van der Waals surface area contributed by atoms with Gasteiger partial charge in [0.1, 0.15) is 11.8 Å². The Balaban J connectivity index is 1.34. The summed E-state index contributed by atoms with van der Waals surface area (Å²) in [7, 11) is 0. The van der Waals surface area contributed by atoms with Crippen LogP contribution in [0.1, 0.15) is 49.0 Å². The fourth-order valence-electron chi connectivity index (χ4n) is 3.32. The first-order valence-electron chi connectivity index (χ1n) is 9.03. The summed E-state index contributed by atoms with van der Waals surface area (Å²) in [5.74, 6) is 2.53. The molecule has 1 saturated heterocycles. The van der Waals surface area contributed by atoms with Gasteiger partial charge in [0.05, 0.1) is 6.61 Å². The number of carbonyl (C=O) groups excluding carboxylic acids is 1. The lowest BCUT2D eigenvalue weighted by atomic mass is 10.2. The van der Waals surface area contributed by atoms with Crippen molar-refractivity contribution >= 4 is 5.91 Å². The number of hydrogen-bond donors (Lipinski definition) is 0. The number of hydrogen-bond acceptors (Lipinski definition) is 5. The molecule has 1 amide bonds. The molecule has 6 nitrogen and oxygen atoms in total. The van der Waals surface area contributed by atoms with Crippen molar-refractivity contribution in [2.75, 3.05) is 13.2 Å². The molecule has 4 rings (SSSR count). The summed E-state index contributed by atoms with van der Waals surface area (Å²) in [5.41, 5.74) is 1.17. The summed E-state index contributed by atoms with van der Waals surface area (Å²) in [4.78, 5) is 18.8. The summed E-state index contributed by atoms with van der Waals surface area (Å²) >= 11 is 0. The number of benzene rings is 1. The Kier molecular flexibility index (Phi) is 4.42. The second-order valence-corrected chi connectivity index (χ2v) is 6.93. The summed E-state index contributed by atoms with van der Waals surface area (Å²) in [5, 5.41) is 4.06. The molecule has 1 aromatic carbocycles. The molecule has 1 saturated carbocycles. The van der Waals surface area contributed by atoms with E-state index in [0.29, 0.717) is 24.7 Å². The Labute approximate surface area is 147 Å². The van der Waals surface area contributed by atoms with E-state index < -0.39 is 0 Å². The number of rotatable bonds is 6. The molecule has 2 fully saturated rings. The normalized spacial score (nSPS) is 20.0. The number of carbonyl (C=O) groups is 1. The molecule has 132 valence electrons. The molecule has 1 aliphatic carbocycles. The van der Waals surface area contributed by atoms with Crippen molar-refractivity contribution in [3.8, 4) is 5.75 Å². The number of likely N-dealkylation sites (tertiary alicyclic amines) is 1. The lowest BCUT2D eigenvalue weighted by molar-refractivity contribution is -0.133. The number of aryl methyl sites for hydroxylation is 1. The van der Waals surface area contributed by atoms with E-state index in [-0.39, 0.29) is 17.9 Å². The zero-order valence-corrected chi connectivity index (χ0v) is 14.5. The van der Waals surface area contributed by atoms with E-state index in [0.717, 1.165) is 38.0 Å². The summed E-state index contributed by atoms with van der Waals surface area (Å²) in [6.45, 7) is 3.33. The van der Waals surface area contributed by atoms with Crippen LogP contribution in [0.15, 0.2) is 28.8 Å². The van der Waals surface area contributed by atoms with Gasteiger partial charge < -0.3 is 14.2 Å². The average molecular weight is 341 g/mol. The Morgan fingerprint density at radius 2 is 2.24 bits per heavy atom. The first-order chi connectivity index (χ1) is 12.2. The number of aromatic nitrogens is 2. The lowest BCUT2D eigenvalue weighted by Gasteiger charge is -2.21. The van der Waals surface area contributed by atoms with Gasteiger partial charge in [-0.15, -0.1) is 0 Å². The Bertz CT molecular complexity index is 754. The van der Waals surface area contributed by atoms with Crippen molar-refractivity contribution in [1.82, 2.24) is 15.0 Å². The number of ether oxygens (including phenoxy) is 1. The van der Waals surface area contributed by atoms with Gasteiger partial charge in [-0.2, -0.15) is 4.98 Å². The predicted octanol–water partition coefficient (Wildman–Crippen LogP) is 3.07. The molecule has 2 aliphatic rings. The molecule has 2 heterocycles. The van der Waals surface area contributed by atoms with Crippen LogP contribution in [0.2, 0.25) is 0 Å². The quantitative estimate of drug-likeness (QED) is 0.808. The molecule has 25 heavy (non-hydrogen) atoms. The van der Waals surface area contributed by atoms with Crippen molar-refractivity contribution in [3.63, 3.8) is 0 Å². The zero-order valence-electron chi connectivity index (χ0n) is 14.5. The summed E-state index contributed by atoms with van der Waals surface area (Å²) in [6.07, 6.45) is 4.53. The van der Waals surface area contributed by atoms with Gasteiger partial charge in [-0.05, 0) is 50.3 Å². The van der Waals surface area contributed by atoms with Gasteiger partial charge in [-0.3, -0.25) is 4.79 Å². The first-order valence-corrected chi connectivity index (χ1v) is 9.03. The largest absolute Gasteiger partial charge is 0.493 e. The molecule has 0 radical (unpaired) electrons. The molecule has 1 atom stereocenters. The van der Waals surface area contributed by atoms with Crippen molar-refractivity contribution in [2.24, 2.45) is 5.92 Å². The van der Waals surface area contributed by atoms with E-state index in [9.17, 15) is 4.79 Å². The number of amides is 1. The van der Waals surface area contributed by atoms with Crippen LogP contribution in [-0.2, 0) is 11.2 Å². The first kappa shape index (κ1) is 16.1. The van der Waals surface area contributed by atoms with Crippen molar-refractivity contribution in [1.29, 1.82) is 0 Å². The highest BCUT2D eigenvalue weighted by Crippen LogP contribution is 2.38. The third kappa shape index (κ3) is 3.67. The van der Waals surface area contributed by atoms with Crippen LogP contribution >= 0.6 is 0 Å². The minimum atomic E-state index is -0.0490. The van der Waals surface area contributed by atoms with E-state index in [4.69, 9.17) is 9.26 Å². The highest BCUT2D eigenvalue weighted by molar-refractivity contribution is 5.81. The third-order valence-electron chi connectivity index (χ3n) is 4.82. The minimum Gasteiger partial charge on any atom is -0.493 e. The summed E-state index contributed by atoms with van der Waals surface area (Å²) < 4.78 is 11.2. The van der Waals surface area contributed by atoms with Crippen molar-refractivity contribution < 1.29 is 14.1 Å². The van der Waals surface area contributed by atoms with Crippen LogP contribution in [0.3, 0.4) is 0 Å². The molecule has 1 aliphatic heterocycles. The molecule has 0 spiro atoms. The van der Waals surface area contributed by atoms with Gasteiger partial charge in [0.15, 0.2) is 5.82 Å². The van der Waals surface area contributed by atoms with E-state index in [1.54, 1.807) is 0 Å². The fraction of sp³-hybridized carbons (Fsp3) is 0.526. The lowest BCUT2D eigenvalue weighted by Crippen LogP contribution is -2.31. The molecule has 1 unspecified atom stereocenters. The van der Waals surface area contributed by atoms with Crippen LogP contribution in [0, 0.1) is 12.8 Å². The van der Waals surface area contributed by atoms with E-state index >= 15 is 0 Å². The van der Waals surface area contributed by atoms with Crippen molar-refractivity contribution in [3.05, 3.63) is 41.5 Å². The van der Waals surface area contributed by atoms with Gasteiger partial charge >= 0.3 is 0 Å². The smallest absolute Gasteiger partial charge is 0.249 e. The van der Waals surface area contributed by atoms with Crippen LogP contribution in [0.4, 0.5) is 0 Å². The molecule has 0 N–H and O–H groups in total. The van der Waals surface area contributed by atoms with E-state index in [2.05, 4.69) is 10.1 Å². The Morgan fingerprint density at radius 1 is 1.36 bits per heavy atom. The maximum Gasteiger partial charge on any atom is 0.249 e. The molecule has 1 aromatic heterocycles. The van der Waals surface area contributed by atoms with Crippen LogP contribution < -0.4 is 4.74 Å². The van der Waals surface area contributed by atoms with Gasteiger partial charge in [0.2, 0.25) is 11.8 Å². The highest BCUT2D eigenvalue weighted by atomic mass is 16.5. The SMILES string of the molecule is Cc1cccc(OCCc2noc(C3CCCN3C(=O)C3CC3)n2)c1. The molecule has 2 aromatic rings. The second-order valence-electron chi connectivity index (χ2n) is 6.93. The third-order valence-corrected chi connectivity index (χ3v) is 4.82. The van der Waals surface area contributed by atoms with Gasteiger partial charge in [-0.25, -0.2) is 0 Å². The van der Waals surface area contributed by atoms with Crippen LogP contribution in [0.5, 0.6) is 5.75 Å². The monoisotopic (exact) mass is 341 g/mol.